The molecule has 3 aromatic rings. The average Bonchev–Trinajstić information content (AvgIpc) is 3.15. The van der Waals surface area contributed by atoms with Crippen LogP contribution >= 0.6 is 0 Å². The molecule has 2 aromatic carbocycles. The Morgan fingerprint density at radius 1 is 1.14 bits per heavy atom. The van der Waals surface area contributed by atoms with Gasteiger partial charge in [-0.25, -0.2) is 4.79 Å². The molecule has 0 bridgehead atoms. The number of hydrogen-bond acceptors (Lipinski definition) is 5. The zero-order valence-electron chi connectivity index (χ0n) is 16.6. The smallest absolute Gasteiger partial charge is 0.333 e. The average molecular weight is 394 g/mol. The highest BCUT2D eigenvalue weighted by Crippen LogP contribution is 2.30. The molecule has 0 spiro atoms. The Labute approximate surface area is 170 Å². The first kappa shape index (κ1) is 20.7. The van der Waals surface area contributed by atoms with E-state index in [1.165, 1.54) is 0 Å². The molecular formula is C24H26O5. The molecule has 0 amide bonds. The van der Waals surface area contributed by atoms with Gasteiger partial charge in [0.05, 0.1) is 12.7 Å². The number of aliphatic hydroxyl groups is 1. The summed E-state index contributed by atoms with van der Waals surface area (Å²) in [4.78, 5) is 11.3. The van der Waals surface area contributed by atoms with Crippen LogP contribution in [0.5, 0.6) is 5.75 Å². The van der Waals surface area contributed by atoms with Gasteiger partial charge in [-0.1, -0.05) is 36.9 Å². The van der Waals surface area contributed by atoms with Crippen LogP contribution in [0.15, 0.2) is 71.2 Å². The lowest BCUT2D eigenvalue weighted by atomic mass is 10.1. The second kappa shape index (κ2) is 9.94. The number of fused-ring (bicyclic) bond motifs is 1. The normalized spacial score (nSPS) is 11.9. The van der Waals surface area contributed by atoms with Gasteiger partial charge in [-0.15, -0.1) is 0 Å². The minimum atomic E-state index is -0.672. The quantitative estimate of drug-likeness (QED) is 0.293. The molecule has 0 fully saturated rings. The number of aliphatic hydroxyl groups excluding tert-OH is 1. The van der Waals surface area contributed by atoms with Gasteiger partial charge in [0.2, 0.25) is 0 Å². The van der Waals surface area contributed by atoms with E-state index in [0.717, 1.165) is 40.9 Å². The lowest BCUT2D eigenvalue weighted by molar-refractivity contribution is -0.142. The molecule has 3 rings (SSSR count). The first-order valence-electron chi connectivity index (χ1n) is 9.75. The number of furan rings is 1. The van der Waals surface area contributed by atoms with Crippen LogP contribution in [0.25, 0.3) is 22.3 Å². The second-order valence-corrected chi connectivity index (χ2v) is 7.05. The van der Waals surface area contributed by atoms with Crippen LogP contribution < -0.4 is 4.74 Å². The van der Waals surface area contributed by atoms with Crippen molar-refractivity contribution in [3.63, 3.8) is 0 Å². The van der Waals surface area contributed by atoms with Gasteiger partial charge in [-0.05, 0) is 44.4 Å². The van der Waals surface area contributed by atoms with E-state index in [9.17, 15) is 9.90 Å². The van der Waals surface area contributed by atoms with Gasteiger partial charge in [-0.3, -0.25) is 0 Å². The minimum Gasteiger partial charge on any atom is -0.493 e. The molecule has 1 atom stereocenters. The summed E-state index contributed by atoms with van der Waals surface area (Å²) in [6.07, 6.45) is 1.43. The summed E-state index contributed by atoms with van der Waals surface area (Å²) >= 11 is 0. The Balaban J connectivity index is 1.43. The summed E-state index contributed by atoms with van der Waals surface area (Å²) in [5, 5.41) is 10.9. The molecule has 0 saturated heterocycles. The Kier molecular flexibility index (Phi) is 7.09. The van der Waals surface area contributed by atoms with Crippen LogP contribution in [-0.4, -0.2) is 30.4 Å². The van der Waals surface area contributed by atoms with Crippen molar-refractivity contribution < 1.29 is 23.8 Å². The number of carbonyl (C=O) groups excluding carboxylic acids is 1. The van der Waals surface area contributed by atoms with Crippen molar-refractivity contribution in [1.29, 1.82) is 0 Å². The number of benzene rings is 2. The van der Waals surface area contributed by atoms with Crippen LogP contribution in [0.1, 0.15) is 26.2 Å². The Morgan fingerprint density at radius 2 is 1.93 bits per heavy atom. The summed E-state index contributed by atoms with van der Waals surface area (Å²) in [5.41, 5.74) is 2.16. The summed E-state index contributed by atoms with van der Waals surface area (Å²) in [5.74, 6) is 1.11. The molecule has 0 aliphatic carbocycles. The van der Waals surface area contributed by atoms with Crippen molar-refractivity contribution in [1.82, 2.24) is 0 Å². The number of rotatable bonds is 10. The molecule has 0 radical (unpaired) electrons. The molecule has 0 aliphatic heterocycles. The molecule has 1 unspecified atom stereocenters. The topological polar surface area (TPSA) is 68.9 Å². The molecule has 152 valence electrons. The molecule has 0 saturated carbocycles. The lowest BCUT2D eigenvalue weighted by Gasteiger charge is -2.11. The van der Waals surface area contributed by atoms with Crippen molar-refractivity contribution in [2.75, 3.05) is 13.2 Å². The highest BCUT2D eigenvalue weighted by Gasteiger charge is 2.10. The molecule has 0 aliphatic rings. The van der Waals surface area contributed by atoms with E-state index in [2.05, 4.69) is 6.58 Å². The van der Waals surface area contributed by atoms with Crippen LogP contribution in [0.2, 0.25) is 0 Å². The third kappa shape index (κ3) is 5.96. The zero-order chi connectivity index (χ0) is 20.6. The number of carbonyl (C=O) groups is 1. The molecule has 1 aromatic heterocycles. The van der Waals surface area contributed by atoms with Crippen molar-refractivity contribution in [3.8, 4) is 17.1 Å². The van der Waals surface area contributed by atoms with Crippen LogP contribution in [0.3, 0.4) is 0 Å². The molecule has 29 heavy (non-hydrogen) atoms. The van der Waals surface area contributed by atoms with E-state index in [1.807, 2.05) is 54.6 Å². The monoisotopic (exact) mass is 394 g/mol. The Hall–Kier alpha value is -3.05. The van der Waals surface area contributed by atoms with Gasteiger partial charge in [0.15, 0.2) is 0 Å². The maximum Gasteiger partial charge on any atom is 0.333 e. The third-order valence-corrected chi connectivity index (χ3v) is 4.51. The summed E-state index contributed by atoms with van der Waals surface area (Å²) in [7, 11) is 0. The van der Waals surface area contributed by atoms with Crippen molar-refractivity contribution in [3.05, 3.63) is 66.7 Å². The van der Waals surface area contributed by atoms with E-state index in [4.69, 9.17) is 13.9 Å². The van der Waals surface area contributed by atoms with E-state index < -0.39 is 12.1 Å². The molecule has 5 nitrogen and oxygen atoms in total. The van der Waals surface area contributed by atoms with E-state index >= 15 is 0 Å². The van der Waals surface area contributed by atoms with Crippen LogP contribution in [-0.2, 0) is 9.53 Å². The number of esters is 1. The predicted octanol–water partition coefficient (Wildman–Crippen LogP) is 5.13. The lowest BCUT2D eigenvalue weighted by Crippen LogP contribution is -2.19. The fourth-order valence-electron chi connectivity index (χ4n) is 2.90. The van der Waals surface area contributed by atoms with E-state index in [0.29, 0.717) is 18.6 Å². The van der Waals surface area contributed by atoms with Gasteiger partial charge in [-0.2, -0.15) is 0 Å². The molecular weight excluding hydrogens is 368 g/mol. The first-order valence-corrected chi connectivity index (χ1v) is 9.75. The summed E-state index contributed by atoms with van der Waals surface area (Å²) in [6, 6.07) is 17.8. The largest absolute Gasteiger partial charge is 0.493 e. The summed E-state index contributed by atoms with van der Waals surface area (Å²) < 4.78 is 16.7. The third-order valence-electron chi connectivity index (χ3n) is 4.51. The number of unbranched alkanes of at least 4 members (excludes halogenated alkanes) is 1. The van der Waals surface area contributed by atoms with Gasteiger partial charge in [0.25, 0.3) is 0 Å². The SMILES string of the molecule is C=C(C)C(=O)OCC(O)CCCCOc1ccc2cc(-c3ccccc3)oc2c1. The highest BCUT2D eigenvalue weighted by molar-refractivity contribution is 5.87. The summed E-state index contributed by atoms with van der Waals surface area (Å²) in [6.45, 7) is 5.61. The van der Waals surface area contributed by atoms with E-state index in [-0.39, 0.29) is 6.61 Å². The maximum atomic E-state index is 11.3. The fourth-order valence-corrected chi connectivity index (χ4v) is 2.90. The van der Waals surface area contributed by atoms with Crippen LogP contribution in [0.4, 0.5) is 0 Å². The fraction of sp³-hybridized carbons (Fsp3) is 0.292. The Morgan fingerprint density at radius 3 is 2.69 bits per heavy atom. The van der Waals surface area contributed by atoms with Gasteiger partial charge < -0.3 is 19.0 Å². The van der Waals surface area contributed by atoms with E-state index in [1.54, 1.807) is 6.92 Å². The van der Waals surface area contributed by atoms with Crippen molar-refractivity contribution >= 4 is 16.9 Å². The maximum absolute atomic E-state index is 11.3. The molecule has 1 N–H and O–H groups in total. The van der Waals surface area contributed by atoms with Gasteiger partial charge in [0.1, 0.15) is 23.7 Å². The molecule has 5 heteroatoms. The first-order chi connectivity index (χ1) is 14.0. The van der Waals surface area contributed by atoms with Gasteiger partial charge >= 0.3 is 5.97 Å². The van der Waals surface area contributed by atoms with Gasteiger partial charge in [0, 0.05) is 22.6 Å². The van der Waals surface area contributed by atoms with Crippen LogP contribution in [0, 0.1) is 0 Å². The van der Waals surface area contributed by atoms with Crippen molar-refractivity contribution in [2.45, 2.75) is 32.3 Å². The standard InChI is InChI=1S/C24H26O5/c1-17(2)24(26)28-16-20(25)10-6-7-13-27-21-12-11-19-14-22(29-23(19)15-21)18-8-4-3-5-9-18/h3-5,8-9,11-12,14-15,20,25H,1,6-7,10,13,16H2,2H3. The molecule has 1 heterocycles. The highest BCUT2D eigenvalue weighted by atomic mass is 16.5. The predicted molar refractivity (Wildman–Crippen MR) is 113 cm³/mol. The van der Waals surface area contributed by atoms with Crippen molar-refractivity contribution in [2.24, 2.45) is 0 Å². The number of hydrogen-bond donors (Lipinski definition) is 1. The second-order valence-electron chi connectivity index (χ2n) is 7.05. The number of ether oxygens (including phenoxy) is 2. The minimum absolute atomic E-state index is 0.00847. The Bertz CT molecular complexity index is 958. The zero-order valence-corrected chi connectivity index (χ0v) is 16.6.